The summed E-state index contributed by atoms with van der Waals surface area (Å²) < 4.78 is 39.3. The summed E-state index contributed by atoms with van der Waals surface area (Å²) in [6.07, 6.45) is -1.30. The zero-order valence-electron chi connectivity index (χ0n) is 11.4. The normalized spacial score (nSPS) is 30.0. The highest BCUT2D eigenvalue weighted by molar-refractivity contribution is 5.49. The van der Waals surface area contributed by atoms with Crippen LogP contribution in [0.1, 0.15) is 24.6 Å². The van der Waals surface area contributed by atoms with Gasteiger partial charge in [-0.25, -0.2) is 0 Å². The summed E-state index contributed by atoms with van der Waals surface area (Å²) in [5.74, 6) is -0.420. The van der Waals surface area contributed by atoms with Crippen molar-refractivity contribution in [3.63, 3.8) is 0 Å². The van der Waals surface area contributed by atoms with E-state index in [1.54, 1.807) is 19.1 Å². The number of fused-ring (bicyclic) bond motifs is 4. The standard InChI is InChI=1S/C15H15F3N2O/c1-2-10-8-5-9(15(16,17)18)7-14(10,19)11-3-4-13(21)20-12(11)6-8/h2-5,8H,6-7,19H2,1H3,(H,20,21)/b10-2+. The topological polar surface area (TPSA) is 58.9 Å². The second kappa shape index (κ2) is 4.34. The van der Waals surface area contributed by atoms with Gasteiger partial charge >= 0.3 is 6.18 Å². The van der Waals surface area contributed by atoms with Gasteiger partial charge in [0.05, 0.1) is 5.54 Å². The Balaban J connectivity index is 2.22. The summed E-state index contributed by atoms with van der Waals surface area (Å²) >= 11 is 0. The molecule has 1 aromatic heterocycles. The van der Waals surface area contributed by atoms with Gasteiger partial charge in [-0.3, -0.25) is 4.79 Å². The number of alkyl halides is 3. The van der Waals surface area contributed by atoms with Gasteiger partial charge in [0.2, 0.25) is 5.56 Å². The van der Waals surface area contributed by atoms with Crippen molar-refractivity contribution in [2.24, 2.45) is 11.7 Å². The number of rotatable bonds is 0. The maximum Gasteiger partial charge on any atom is 0.412 e. The highest BCUT2D eigenvalue weighted by atomic mass is 19.4. The van der Waals surface area contributed by atoms with Crippen molar-refractivity contribution in [1.29, 1.82) is 0 Å². The molecule has 0 saturated carbocycles. The van der Waals surface area contributed by atoms with Crippen LogP contribution in [0.15, 0.2) is 40.2 Å². The van der Waals surface area contributed by atoms with Crippen molar-refractivity contribution < 1.29 is 13.2 Å². The molecule has 2 unspecified atom stereocenters. The van der Waals surface area contributed by atoms with Crippen LogP contribution in [0.4, 0.5) is 13.2 Å². The third kappa shape index (κ3) is 2.05. The molecule has 2 aliphatic carbocycles. The number of pyridine rings is 1. The Labute approximate surface area is 119 Å². The molecule has 0 saturated heterocycles. The Bertz CT molecular complexity index is 714. The summed E-state index contributed by atoms with van der Waals surface area (Å²) in [5.41, 5.74) is 6.33. The molecule has 2 aliphatic rings. The number of aromatic nitrogens is 1. The van der Waals surface area contributed by atoms with E-state index in [9.17, 15) is 18.0 Å². The predicted molar refractivity (Wildman–Crippen MR) is 72.6 cm³/mol. The van der Waals surface area contributed by atoms with Gasteiger partial charge in [-0.2, -0.15) is 13.2 Å². The number of allylic oxidation sites excluding steroid dienone is 2. The molecule has 1 heterocycles. The van der Waals surface area contributed by atoms with Crippen LogP contribution < -0.4 is 11.3 Å². The highest BCUT2D eigenvalue weighted by Crippen LogP contribution is 2.50. The van der Waals surface area contributed by atoms with Gasteiger partial charge in [-0.05, 0) is 30.5 Å². The van der Waals surface area contributed by atoms with Gasteiger partial charge in [0.15, 0.2) is 0 Å². The molecule has 2 bridgehead atoms. The lowest BCUT2D eigenvalue weighted by atomic mass is 9.63. The lowest BCUT2D eigenvalue weighted by molar-refractivity contribution is -0.0970. The summed E-state index contributed by atoms with van der Waals surface area (Å²) in [6, 6.07) is 2.86. The SMILES string of the molecule is C/C=C1\C2C=C(C(F)(F)F)CC1(N)c1ccc(=O)[nH]c1C2. The van der Waals surface area contributed by atoms with E-state index in [-0.39, 0.29) is 12.0 Å². The second-order valence-corrected chi connectivity index (χ2v) is 5.61. The zero-order chi connectivity index (χ0) is 15.4. The fourth-order valence-electron chi connectivity index (χ4n) is 3.53. The van der Waals surface area contributed by atoms with E-state index in [0.717, 1.165) is 5.57 Å². The van der Waals surface area contributed by atoms with Crippen LogP contribution in [0.2, 0.25) is 0 Å². The first kappa shape index (κ1) is 14.1. The van der Waals surface area contributed by atoms with E-state index in [1.165, 1.54) is 12.1 Å². The zero-order valence-corrected chi connectivity index (χ0v) is 11.4. The van der Waals surface area contributed by atoms with Gasteiger partial charge in [-0.1, -0.05) is 12.2 Å². The molecule has 1 aromatic rings. The molecule has 0 spiro atoms. The molecule has 0 radical (unpaired) electrons. The molecule has 112 valence electrons. The number of H-pyrrole nitrogens is 1. The number of halogens is 3. The van der Waals surface area contributed by atoms with E-state index in [4.69, 9.17) is 5.73 Å². The Morgan fingerprint density at radius 1 is 1.43 bits per heavy atom. The molecule has 0 aliphatic heterocycles. The molecular formula is C15H15F3N2O. The minimum atomic E-state index is -4.37. The molecule has 2 atom stereocenters. The molecule has 3 N–H and O–H groups in total. The van der Waals surface area contributed by atoms with Crippen molar-refractivity contribution in [3.8, 4) is 0 Å². The Morgan fingerprint density at radius 2 is 2.14 bits per heavy atom. The van der Waals surface area contributed by atoms with Gasteiger partial charge < -0.3 is 10.7 Å². The average molecular weight is 296 g/mol. The molecule has 3 nitrogen and oxygen atoms in total. The summed E-state index contributed by atoms with van der Waals surface area (Å²) in [7, 11) is 0. The first-order chi connectivity index (χ1) is 9.75. The predicted octanol–water partition coefficient (Wildman–Crippen LogP) is 2.54. The number of hydrogen-bond donors (Lipinski definition) is 2. The largest absolute Gasteiger partial charge is 0.412 e. The van der Waals surface area contributed by atoms with Gasteiger partial charge in [0.1, 0.15) is 0 Å². The van der Waals surface area contributed by atoms with Crippen LogP contribution in [0.5, 0.6) is 0 Å². The first-order valence-corrected chi connectivity index (χ1v) is 6.72. The Hall–Kier alpha value is -1.82. The maximum atomic E-state index is 13.1. The van der Waals surface area contributed by atoms with Crippen LogP contribution in [0, 0.1) is 5.92 Å². The Morgan fingerprint density at radius 3 is 2.76 bits per heavy atom. The molecule has 6 heteroatoms. The van der Waals surface area contributed by atoms with Crippen LogP contribution in [-0.4, -0.2) is 11.2 Å². The molecule has 0 aromatic carbocycles. The molecule has 0 amide bonds. The molecule has 0 fully saturated rings. The lowest BCUT2D eigenvalue weighted by Gasteiger charge is -2.45. The lowest BCUT2D eigenvalue weighted by Crippen LogP contribution is -2.49. The average Bonchev–Trinajstić information content (AvgIpc) is 2.35. The fourth-order valence-corrected chi connectivity index (χ4v) is 3.53. The van der Waals surface area contributed by atoms with Gasteiger partial charge in [0.25, 0.3) is 0 Å². The van der Waals surface area contributed by atoms with Crippen LogP contribution >= 0.6 is 0 Å². The minimum Gasteiger partial charge on any atom is -0.326 e. The third-order valence-corrected chi connectivity index (χ3v) is 4.37. The van der Waals surface area contributed by atoms with Crippen molar-refractivity contribution in [3.05, 3.63) is 57.0 Å². The van der Waals surface area contributed by atoms with Crippen molar-refractivity contribution >= 4 is 0 Å². The smallest absolute Gasteiger partial charge is 0.326 e. The van der Waals surface area contributed by atoms with E-state index < -0.39 is 23.2 Å². The monoisotopic (exact) mass is 296 g/mol. The quantitative estimate of drug-likeness (QED) is 0.723. The fraction of sp³-hybridized carbons (Fsp3) is 0.400. The van der Waals surface area contributed by atoms with Gasteiger partial charge in [0, 0.05) is 29.7 Å². The van der Waals surface area contributed by atoms with Crippen molar-refractivity contribution in [1.82, 2.24) is 4.98 Å². The molecule has 3 rings (SSSR count). The molecular weight excluding hydrogens is 281 g/mol. The second-order valence-electron chi connectivity index (χ2n) is 5.61. The third-order valence-electron chi connectivity index (χ3n) is 4.37. The van der Waals surface area contributed by atoms with Crippen LogP contribution in [0.25, 0.3) is 0 Å². The first-order valence-electron chi connectivity index (χ1n) is 6.72. The molecule has 21 heavy (non-hydrogen) atoms. The number of nitrogens with one attached hydrogen (secondary N) is 1. The number of nitrogens with two attached hydrogens (primary N) is 1. The van der Waals surface area contributed by atoms with E-state index in [0.29, 0.717) is 17.7 Å². The maximum absolute atomic E-state index is 13.1. The summed E-state index contributed by atoms with van der Waals surface area (Å²) in [4.78, 5) is 14.1. The van der Waals surface area contributed by atoms with Crippen LogP contribution in [-0.2, 0) is 12.0 Å². The Kier molecular flexibility index (Phi) is 2.92. The number of aromatic amines is 1. The summed E-state index contributed by atoms with van der Waals surface area (Å²) in [5, 5.41) is 0. The van der Waals surface area contributed by atoms with Gasteiger partial charge in [-0.15, -0.1) is 0 Å². The van der Waals surface area contributed by atoms with E-state index in [2.05, 4.69) is 4.98 Å². The minimum absolute atomic E-state index is 0.264. The van der Waals surface area contributed by atoms with E-state index in [1.807, 2.05) is 0 Å². The summed E-state index contributed by atoms with van der Waals surface area (Å²) in [6.45, 7) is 1.78. The van der Waals surface area contributed by atoms with Crippen molar-refractivity contribution in [2.45, 2.75) is 31.5 Å². The van der Waals surface area contributed by atoms with Crippen LogP contribution in [0.3, 0.4) is 0 Å². The highest BCUT2D eigenvalue weighted by Gasteiger charge is 2.49. The van der Waals surface area contributed by atoms with Crippen molar-refractivity contribution in [2.75, 3.05) is 0 Å². The number of hydrogen-bond acceptors (Lipinski definition) is 2. The van der Waals surface area contributed by atoms with E-state index >= 15 is 0 Å².